The molecule has 0 bridgehead atoms. The van der Waals surface area contributed by atoms with Crippen molar-refractivity contribution in [3.8, 4) is 11.3 Å². The molecule has 7 nitrogen and oxygen atoms in total. The number of carbonyl (C=O) groups is 1. The molecule has 2 aromatic heterocycles. The quantitative estimate of drug-likeness (QED) is 0.464. The van der Waals surface area contributed by atoms with Gasteiger partial charge in [0.1, 0.15) is 11.7 Å². The Hall–Kier alpha value is -3.28. The first-order valence-corrected chi connectivity index (χ1v) is 10.6. The van der Waals surface area contributed by atoms with Gasteiger partial charge in [0.15, 0.2) is 12.0 Å². The summed E-state index contributed by atoms with van der Waals surface area (Å²) in [6.07, 6.45) is 1.30. The third kappa shape index (κ3) is 4.54. The highest BCUT2D eigenvalue weighted by Crippen LogP contribution is 2.36. The number of nitrogens with zero attached hydrogens (tertiary/aromatic N) is 4. The van der Waals surface area contributed by atoms with E-state index in [1.807, 2.05) is 0 Å². The van der Waals surface area contributed by atoms with Crippen molar-refractivity contribution < 1.29 is 26.7 Å². The van der Waals surface area contributed by atoms with Crippen LogP contribution >= 0.6 is 0 Å². The standard InChI is InChI=1S/C22H23F5N6O/c1-2-22(26,27)21-31-20(13-9-29-30-10-13)18-11-32(3-4-33(18)21)19(34)7-14(28)5-12-6-16(24)17(25)8-15(12)23/h2,8-10,14,16H,1,3-7,11,28H2,(H,29,30). The van der Waals surface area contributed by atoms with Gasteiger partial charge >= 0.3 is 5.92 Å². The number of aromatic amines is 1. The summed E-state index contributed by atoms with van der Waals surface area (Å²) < 4.78 is 71.0. The molecule has 3 N–H and O–H groups in total. The Morgan fingerprint density at radius 3 is 2.82 bits per heavy atom. The van der Waals surface area contributed by atoms with Crippen LogP contribution in [0.15, 0.2) is 48.4 Å². The Bertz CT molecular complexity index is 1150. The van der Waals surface area contributed by atoms with Crippen LogP contribution in [0.2, 0.25) is 0 Å². The number of allylic oxidation sites excluding steroid dienone is 4. The largest absolute Gasteiger partial charge is 0.335 e. The first-order chi connectivity index (χ1) is 16.1. The molecule has 3 heterocycles. The van der Waals surface area contributed by atoms with Gasteiger partial charge in [0.05, 0.1) is 24.1 Å². The summed E-state index contributed by atoms with van der Waals surface area (Å²) in [4.78, 5) is 18.5. The number of nitrogens with two attached hydrogens (primary N) is 1. The van der Waals surface area contributed by atoms with Crippen LogP contribution in [0.25, 0.3) is 11.3 Å². The van der Waals surface area contributed by atoms with Crippen molar-refractivity contribution >= 4 is 5.91 Å². The highest BCUT2D eigenvalue weighted by Gasteiger charge is 2.38. The molecular weight excluding hydrogens is 459 g/mol. The zero-order valence-electron chi connectivity index (χ0n) is 18.1. The van der Waals surface area contributed by atoms with Gasteiger partial charge < -0.3 is 15.2 Å². The van der Waals surface area contributed by atoms with Crippen molar-refractivity contribution in [1.29, 1.82) is 0 Å². The second kappa shape index (κ2) is 9.16. The van der Waals surface area contributed by atoms with E-state index < -0.39 is 42.0 Å². The van der Waals surface area contributed by atoms with E-state index in [2.05, 4.69) is 21.8 Å². The summed E-state index contributed by atoms with van der Waals surface area (Å²) in [6, 6.07) is -0.823. The van der Waals surface area contributed by atoms with Gasteiger partial charge in [-0.15, -0.1) is 0 Å². The molecule has 0 fully saturated rings. The zero-order valence-corrected chi connectivity index (χ0v) is 18.1. The lowest BCUT2D eigenvalue weighted by molar-refractivity contribution is -0.133. The minimum atomic E-state index is -3.37. The number of hydrogen-bond donors (Lipinski definition) is 2. The van der Waals surface area contributed by atoms with Gasteiger partial charge in [0, 0.05) is 49.8 Å². The van der Waals surface area contributed by atoms with E-state index in [0.717, 1.165) is 0 Å². The normalized spacial score (nSPS) is 19.6. The number of rotatable bonds is 7. The third-order valence-corrected chi connectivity index (χ3v) is 5.96. The van der Waals surface area contributed by atoms with Crippen LogP contribution in [-0.2, 0) is 23.8 Å². The van der Waals surface area contributed by atoms with Crippen molar-refractivity contribution in [2.75, 3.05) is 6.54 Å². The molecule has 1 amide bonds. The Morgan fingerprint density at radius 2 is 2.15 bits per heavy atom. The fraction of sp³-hybridized carbons (Fsp3) is 0.409. The number of alkyl halides is 3. The lowest BCUT2D eigenvalue weighted by Crippen LogP contribution is -2.41. The Labute approximate surface area is 191 Å². The molecule has 0 aromatic carbocycles. The molecule has 2 atom stereocenters. The van der Waals surface area contributed by atoms with Crippen molar-refractivity contribution in [1.82, 2.24) is 24.6 Å². The molecule has 0 spiro atoms. The molecule has 0 saturated carbocycles. The minimum absolute atomic E-state index is 0.00382. The van der Waals surface area contributed by atoms with Gasteiger partial charge in [0.2, 0.25) is 5.91 Å². The highest BCUT2D eigenvalue weighted by molar-refractivity contribution is 5.77. The van der Waals surface area contributed by atoms with E-state index in [9.17, 15) is 26.7 Å². The number of carbonyl (C=O) groups excluding carboxylic acids is 1. The van der Waals surface area contributed by atoms with Gasteiger partial charge in [-0.1, -0.05) is 6.58 Å². The van der Waals surface area contributed by atoms with Crippen molar-refractivity contribution in [3.05, 3.63) is 59.9 Å². The van der Waals surface area contributed by atoms with Crippen LogP contribution in [0.5, 0.6) is 0 Å². The Morgan fingerprint density at radius 1 is 1.38 bits per heavy atom. The summed E-state index contributed by atoms with van der Waals surface area (Å²) in [5, 5.41) is 6.45. The molecule has 12 heteroatoms. The molecule has 1 aliphatic heterocycles. The van der Waals surface area contributed by atoms with Gasteiger partial charge in [0.25, 0.3) is 0 Å². The van der Waals surface area contributed by atoms with Crippen LogP contribution < -0.4 is 5.73 Å². The number of H-pyrrole nitrogens is 1. The van der Waals surface area contributed by atoms with E-state index in [4.69, 9.17) is 5.73 Å². The predicted octanol–water partition coefficient (Wildman–Crippen LogP) is 3.82. The zero-order chi connectivity index (χ0) is 24.6. The smallest absolute Gasteiger partial charge is 0.323 e. The summed E-state index contributed by atoms with van der Waals surface area (Å²) in [5.41, 5.74) is 7.19. The van der Waals surface area contributed by atoms with Crippen LogP contribution in [0.4, 0.5) is 22.0 Å². The fourth-order valence-corrected chi connectivity index (χ4v) is 4.19. The summed E-state index contributed by atoms with van der Waals surface area (Å²) >= 11 is 0. The number of aromatic nitrogens is 4. The fourth-order valence-electron chi connectivity index (χ4n) is 4.19. The highest BCUT2D eigenvalue weighted by atomic mass is 19.3. The minimum Gasteiger partial charge on any atom is -0.335 e. The Kier molecular flexibility index (Phi) is 6.43. The van der Waals surface area contributed by atoms with Gasteiger partial charge in [-0.3, -0.25) is 9.89 Å². The molecule has 4 rings (SSSR count). The average Bonchev–Trinajstić information content (AvgIpc) is 3.45. The molecule has 182 valence electrons. The second-order valence-corrected chi connectivity index (χ2v) is 8.33. The average molecular weight is 482 g/mol. The lowest BCUT2D eigenvalue weighted by atomic mass is 9.94. The number of amides is 1. The lowest BCUT2D eigenvalue weighted by Gasteiger charge is -2.31. The van der Waals surface area contributed by atoms with Gasteiger partial charge in [-0.25, -0.2) is 18.2 Å². The second-order valence-electron chi connectivity index (χ2n) is 8.33. The summed E-state index contributed by atoms with van der Waals surface area (Å²) in [7, 11) is 0. The van der Waals surface area contributed by atoms with E-state index in [0.29, 0.717) is 23.4 Å². The SMILES string of the molecule is C=CC(F)(F)c1nc(-c2cn[nH]c2)c2n1CCN(C(=O)CC(N)CC1=C(F)C=C(F)C(F)C1)C2. The maximum atomic E-state index is 14.5. The maximum absolute atomic E-state index is 14.5. The van der Waals surface area contributed by atoms with E-state index in [1.54, 1.807) is 0 Å². The number of fused-ring (bicyclic) bond motifs is 1. The van der Waals surface area contributed by atoms with Crippen LogP contribution in [0, 0.1) is 0 Å². The summed E-state index contributed by atoms with van der Waals surface area (Å²) in [5.74, 6) is -6.27. The van der Waals surface area contributed by atoms with Crippen LogP contribution in [0.1, 0.15) is 30.8 Å². The van der Waals surface area contributed by atoms with Gasteiger partial charge in [-0.05, 0) is 18.1 Å². The molecule has 0 radical (unpaired) electrons. The number of nitrogens with one attached hydrogen (secondary N) is 1. The van der Waals surface area contributed by atoms with Gasteiger partial charge in [-0.2, -0.15) is 13.9 Å². The monoisotopic (exact) mass is 482 g/mol. The molecular formula is C22H23F5N6O. The molecule has 34 heavy (non-hydrogen) atoms. The van der Waals surface area contributed by atoms with E-state index in [-0.39, 0.29) is 49.7 Å². The maximum Gasteiger partial charge on any atom is 0.323 e. The Balaban J connectivity index is 1.51. The van der Waals surface area contributed by atoms with Crippen LogP contribution in [0.3, 0.4) is 0 Å². The van der Waals surface area contributed by atoms with Crippen molar-refractivity contribution in [3.63, 3.8) is 0 Å². The van der Waals surface area contributed by atoms with E-state index in [1.165, 1.54) is 21.9 Å². The first-order valence-electron chi connectivity index (χ1n) is 10.6. The molecule has 2 aromatic rings. The molecule has 1 aliphatic carbocycles. The van der Waals surface area contributed by atoms with Crippen molar-refractivity contribution in [2.45, 2.75) is 50.5 Å². The number of hydrogen-bond acceptors (Lipinski definition) is 4. The van der Waals surface area contributed by atoms with E-state index >= 15 is 0 Å². The molecule has 0 saturated heterocycles. The topological polar surface area (TPSA) is 92.8 Å². The molecule has 2 aliphatic rings. The third-order valence-electron chi connectivity index (χ3n) is 5.96. The van der Waals surface area contributed by atoms with Crippen LogP contribution in [-0.4, -0.2) is 49.3 Å². The number of halogens is 5. The first kappa shape index (κ1) is 23.9. The predicted molar refractivity (Wildman–Crippen MR) is 113 cm³/mol. The summed E-state index contributed by atoms with van der Waals surface area (Å²) in [6.45, 7) is 3.41. The molecule has 2 unspecified atom stereocenters. The number of imidazole rings is 1. The van der Waals surface area contributed by atoms with Crippen molar-refractivity contribution in [2.24, 2.45) is 5.73 Å².